The van der Waals surface area contributed by atoms with Crippen LogP contribution >= 0.6 is 0 Å². The average molecular weight is 750 g/mol. The van der Waals surface area contributed by atoms with E-state index in [1.807, 2.05) is 0 Å². The number of amides is 1. The molecule has 7 rings (SSSR count). The Labute approximate surface area is 304 Å². The van der Waals surface area contributed by atoms with Crippen molar-refractivity contribution in [3.8, 4) is 28.7 Å². The molecule has 1 amide bonds. The first kappa shape index (κ1) is 36.5. The van der Waals surface area contributed by atoms with E-state index < -0.39 is 71.3 Å². The quantitative estimate of drug-likeness (QED) is 0.0924. The molecule has 16 heteroatoms. The van der Waals surface area contributed by atoms with E-state index in [4.69, 9.17) is 15.5 Å². The molecule has 0 unspecified atom stereocenters. The Kier molecular flexibility index (Phi) is 8.75. The first-order valence-electron chi connectivity index (χ1n) is 16.7. The molecule has 3 heterocycles. The van der Waals surface area contributed by atoms with Crippen LogP contribution in [0.3, 0.4) is 0 Å². The van der Waals surface area contributed by atoms with Gasteiger partial charge in [-0.1, -0.05) is 18.1 Å². The maximum Gasteiger partial charge on any atom is 0.297 e. The van der Waals surface area contributed by atoms with Crippen LogP contribution in [0.4, 0.5) is 32.2 Å². The summed E-state index contributed by atoms with van der Waals surface area (Å²) in [5.74, 6) is -2.66. The van der Waals surface area contributed by atoms with Gasteiger partial charge in [0.25, 0.3) is 12.3 Å². The number of hydrogen-bond acceptors (Lipinski definition) is 7. The van der Waals surface area contributed by atoms with Crippen LogP contribution in [0, 0.1) is 29.4 Å². The van der Waals surface area contributed by atoms with E-state index in [9.17, 15) is 27.5 Å². The Morgan fingerprint density at radius 1 is 1.11 bits per heavy atom. The van der Waals surface area contributed by atoms with Crippen LogP contribution in [0.2, 0.25) is 0 Å². The van der Waals surface area contributed by atoms with Gasteiger partial charge in [-0.25, -0.2) is 22.5 Å². The third-order valence-corrected chi connectivity index (χ3v) is 9.49. The van der Waals surface area contributed by atoms with Crippen LogP contribution in [-0.4, -0.2) is 48.3 Å². The van der Waals surface area contributed by atoms with Crippen LogP contribution in [0.1, 0.15) is 66.1 Å². The molecule has 1 saturated carbocycles. The number of methoxy groups -OCH3 is 1. The Morgan fingerprint density at radius 2 is 1.80 bits per heavy atom. The van der Waals surface area contributed by atoms with Gasteiger partial charge in [0.1, 0.15) is 46.6 Å². The van der Waals surface area contributed by atoms with Gasteiger partial charge >= 0.3 is 0 Å². The molecule has 2 aliphatic carbocycles. The number of nitrogens with zero attached hydrogens (tertiary/aromatic N) is 5. The molecule has 10 nitrogen and oxygen atoms in total. The maximum atomic E-state index is 15.5. The Balaban J connectivity index is 1.37. The first-order chi connectivity index (χ1) is 25.4. The van der Waals surface area contributed by atoms with Gasteiger partial charge in [0.2, 0.25) is 5.91 Å². The number of aliphatic hydroxyl groups is 1. The van der Waals surface area contributed by atoms with Gasteiger partial charge in [-0.05, 0) is 68.2 Å². The molecular weight excluding hydrogens is 716 g/mol. The summed E-state index contributed by atoms with van der Waals surface area (Å²) < 4.78 is 95.8. The normalized spacial score (nSPS) is 17.6. The number of carbonyl (C=O) groups is 1. The molecule has 0 radical (unpaired) electrons. The molecule has 0 saturated heterocycles. The summed E-state index contributed by atoms with van der Waals surface area (Å²) in [4.78, 5) is 18.6. The van der Waals surface area contributed by atoms with E-state index in [-0.39, 0.29) is 40.3 Å². The zero-order valence-electron chi connectivity index (χ0n) is 29.3. The van der Waals surface area contributed by atoms with Crippen LogP contribution < -0.4 is 15.8 Å². The maximum absolute atomic E-state index is 15.5. The Bertz CT molecular complexity index is 2420. The fourth-order valence-corrected chi connectivity index (χ4v) is 7.30. The number of carbonyl (C=O) groups excluding carboxylic acids is 1. The van der Waals surface area contributed by atoms with Gasteiger partial charge in [0.15, 0.2) is 5.82 Å². The molecule has 280 valence electrons. The molecule has 0 bridgehead atoms. The second-order valence-electron chi connectivity index (χ2n) is 13.8. The Morgan fingerprint density at radius 3 is 2.44 bits per heavy atom. The van der Waals surface area contributed by atoms with Crippen LogP contribution in [0.5, 0.6) is 5.75 Å². The van der Waals surface area contributed by atoms with E-state index in [1.165, 1.54) is 25.6 Å². The van der Waals surface area contributed by atoms with Crippen LogP contribution in [-0.2, 0) is 30.7 Å². The predicted molar refractivity (Wildman–Crippen MR) is 185 cm³/mol. The topological polar surface area (TPSA) is 133 Å². The van der Waals surface area contributed by atoms with Gasteiger partial charge in [-0.2, -0.15) is 19.0 Å². The highest BCUT2D eigenvalue weighted by molar-refractivity contribution is 6.03. The lowest BCUT2D eigenvalue weighted by Crippen LogP contribution is -2.35. The minimum absolute atomic E-state index is 0.0910. The predicted octanol–water partition coefficient (Wildman–Crippen LogP) is 6.24. The summed E-state index contributed by atoms with van der Waals surface area (Å²) in [6.45, 7) is 5.63. The summed E-state index contributed by atoms with van der Waals surface area (Å²) in [6.07, 6.45) is -3.47. The van der Waals surface area contributed by atoms with Crippen molar-refractivity contribution in [1.82, 2.24) is 29.9 Å². The average Bonchev–Trinajstić information content (AvgIpc) is 3.32. The van der Waals surface area contributed by atoms with Gasteiger partial charge in [-0.3, -0.25) is 14.2 Å². The molecule has 5 aromatic rings. The standard InChI is InChI=1S/C38H33F6N7O3/c1-17-27-29-32(35(41)42)48-51(34(29)38(43,44)30(17)27)16-26(52)47-24(14-18-12-19(39)15-20(40)13-18)31-22(7-6-21(46-31)10-11-37(2,3)53)23-8-9-25(54-5)28-33(23)50(4)49-36(28)45/h6-9,12-13,15,24,27,30,35,53H,1,14,16H2,2-5H3,(H2,45,49)(H,47,52)/t24-,27+,30+/m0/s1. The van der Waals surface area contributed by atoms with E-state index in [2.05, 4.69) is 33.9 Å². The van der Waals surface area contributed by atoms with Gasteiger partial charge < -0.3 is 20.9 Å². The number of alkyl halides is 4. The van der Waals surface area contributed by atoms with Crippen molar-refractivity contribution in [2.24, 2.45) is 13.0 Å². The van der Waals surface area contributed by atoms with Crippen LogP contribution in [0.25, 0.3) is 22.0 Å². The summed E-state index contributed by atoms with van der Waals surface area (Å²) >= 11 is 0. The number of nitrogens with one attached hydrogen (secondary N) is 1. The number of rotatable bonds is 9. The van der Waals surface area contributed by atoms with Crippen molar-refractivity contribution in [3.63, 3.8) is 0 Å². The van der Waals surface area contributed by atoms with E-state index in [1.54, 1.807) is 31.3 Å². The lowest BCUT2D eigenvalue weighted by atomic mass is 9.93. The highest BCUT2D eigenvalue weighted by Gasteiger charge is 2.70. The second-order valence-corrected chi connectivity index (χ2v) is 13.8. The van der Waals surface area contributed by atoms with Crippen molar-refractivity contribution >= 4 is 22.6 Å². The van der Waals surface area contributed by atoms with E-state index in [0.717, 1.165) is 12.1 Å². The lowest BCUT2D eigenvalue weighted by Gasteiger charge is -2.23. The summed E-state index contributed by atoms with van der Waals surface area (Å²) in [7, 11) is 3.11. The van der Waals surface area contributed by atoms with Crippen molar-refractivity contribution < 1.29 is 41.0 Å². The minimum Gasteiger partial charge on any atom is -0.496 e. The number of benzene rings is 2. The second kappa shape index (κ2) is 12.9. The zero-order valence-corrected chi connectivity index (χ0v) is 29.3. The first-order valence-corrected chi connectivity index (χ1v) is 16.7. The fourth-order valence-electron chi connectivity index (χ4n) is 7.30. The smallest absolute Gasteiger partial charge is 0.297 e. The Hall–Kier alpha value is -5.82. The number of nitrogens with two attached hydrogens (primary N) is 1. The number of hydrogen-bond donors (Lipinski definition) is 3. The zero-order chi connectivity index (χ0) is 39.0. The third-order valence-electron chi connectivity index (χ3n) is 9.49. The molecule has 2 aromatic carbocycles. The molecule has 0 spiro atoms. The summed E-state index contributed by atoms with van der Waals surface area (Å²) in [6, 6.07) is 8.10. The molecule has 1 fully saturated rings. The van der Waals surface area contributed by atoms with Crippen molar-refractivity contribution in [2.45, 2.75) is 56.7 Å². The highest BCUT2D eigenvalue weighted by Crippen LogP contribution is 2.71. The van der Waals surface area contributed by atoms with Gasteiger partial charge in [0, 0.05) is 35.7 Å². The highest BCUT2D eigenvalue weighted by atomic mass is 19.3. The van der Waals surface area contributed by atoms with Crippen molar-refractivity contribution in [2.75, 3.05) is 12.8 Å². The molecule has 4 N–H and O–H groups in total. The molecule has 0 aliphatic heterocycles. The minimum atomic E-state index is -3.59. The number of allylic oxidation sites excluding steroid dienone is 1. The molecular formula is C38H33F6N7O3. The van der Waals surface area contributed by atoms with Gasteiger partial charge in [0.05, 0.1) is 35.7 Å². The largest absolute Gasteiger partial charge is 0.496 e. The van der Waals surface area contributed by atoms with E-state index >= 15 is 8.78 Å². The number of pyridine rings is 1. The van der Waals surface area contributed by atoms with Gasteiger partial charge in [-0.15, -0.1) is 0 Å². The molecule has 3 atom stereocenters. The molecule has 54 heavy (non-hydrogen) atoms. The number of fused-ring (bicyclic) bond motifs is 4. The number of halogens is 6. The fraction of sp³-hybridized carbons (Fsp3) is 0.316. The number of aryl methyl sites for hydroxylation is 1. The lowest BCUT2D eigenvalue weighted by molar-refractivity contribution is -0.122. The number of nitrogen functional groups attached to an aromatic ring is 1. The summed E-state index contributed by atoms with van der Waals surface area (Å²) in [5.41, 5.74) is 4.72. The SMILES string of the molecule is C=C1[C@@H]2c3c(C(F)F)nn(CC(=O)N[C@@H](Cc4cc(F)cc(F)c4)c4nc(C#CC(C)(C)O)ccc4-c4ccc(OC)c5c(N)nn(C)c45)c3C(F)(F)[C@H]12. The molecule has 2 aliphatic rings. The third kappa shape index (κ3) is 6.31. The van der Waals surface area contributed by atoms with Crippen LogP contribution in [0.15, 0.2) is 54.6 Å². The van der Waals surface area contributed by atoms with E-state index in [0.29, 0.717) is 38.5 Å². The number of anilines is 1. The monoisotopic (exact) mass is 749 g/mol. The molecule has 3 aromatic heterocycles. The number of ether oxygens (including phenoxy) is 1. The summed E-state index contributed by atoms with van der Waals surface area (Å²) in [5, 5.41) is 21.6. The number of aromatic nitrogens is 5. The van der Waals surface area contributed by atoms with Crippen molar-refractivity contribution in [1.29, 1.82) is 0 Å². The van der Waals surface area contributed by atoms with Crippen molar-refractivity contribution in [3.05, 3.63) is 100 Å².